The highest BCUT2D eigenvalue weighted by Crippen LogP contribution is 2.48. The molecule has 0 spiro atoms. The van der Waals surface area contributed by atoms with Crippen LogP contribution in [-0.4, -0.2) is 32.5 Å². The Morgan fingerprint density at radius 3 is 2.46 bits per heavy atom. The van der Waals surface area contributed by atoms with Crippen molar-refractivity contribution in [3.63, 3.8) is 0 Å². The van der Waals surface area contributed by atoms with Crippen molar-refractivity contribution in [1.29, 1.82) is 0 Å². The van der Waals surface area contributed by atoms with Crippen LogP contribution in [0, 0.1) is 5.41 Å². The maximum absolute atomic E-state index is 13.1. The number of allylic oxidation sites excluding steroid dienone is 2. The van der Waals surface area contributed by atoms with E-state index in [1.165, 1.54) is 0 Å². The zero-order valence-corrected chi connectivity index (χ0v) is 17.2. The lowest BCUT2D eigenvalue weighted by molar-refractivity contribution is -0.139. The number of nitrogens with two attached hydrogens (primary N) is 1. The fourth-order valence-corrected chi connectivity index (χ4v) is 3.89. The molecule has 0 saturated carbocycles. The van der Waals surface area contributed by atoms with Gasteiger partial charge in [-0.1, -0.05) is 26.0 Å². The van der Waals surface area contributed by atoms with Crippen LogP contribution in [-0.2, 0) is 19.1 Å². The van der Waals surface area contributed by atoms with Crippen LogP contribution in [0.15, 0.2) is 47.1 Å². The summed E-state index contributed by atoms with van der Waals surface area (Å²) >= 11 is 0. The molecule has 3 rings (SSSR count). The molecular formula is C22H28N2O4. The number of carbonyl (C=O) groups excluding carboxylic acids is 2. The summed E-state index contributed by atoms with van der Waals surface area (Å²) < 4.78 is 11.0. The predicted molar refractivity (Wildman–Crippen MR) is 107 cm³/mol. The van der Waals surface area contributed by atoms with Gasteiger partial charge >= 0.3 is 5.97 Å². The quantitative estimate of drug-likeness (QED) is 0.803. The van der Waals surface area contributed by atoms with E-state index in [1.54, 1.807) is 6.92 Å². The van der Waals surface area contributed by atoms with E-state index in [-0.39, 0.29) is 29.3 Å². The number of benzene rings is 1. The smallest absolute Gasteiger partial charge is 0.340 e. The molecule has 0 amide bonds. The largest absolute Gasteiger partial charge is 0.462 e. The van der Waals surface area contributed by atoms with Gasteiger partial charge in [0.25, 0.3) is 0 Å². The van der Waals surface area contributed by atoms with E-state index in [2.05, 4.69) is 0 Å². The number of Topliss-reactive ketones (excluding diaryl/α,β-unsaturated/α-hetero) is 1. The molecule has 1 atom stereocenters. The number of hydrogen-bond donors (Lipinski definition) is 1. The second-order valence-corrected chi connectivity index (χ2v) is 8.30. The van der Waals surface area contributed by atoms with Gasteiger partial charge in [-0.3, -0.25) is 4.79 Å². The van der Waals surface area contributed by atoms with Crippen molar-refractivity contribution in [3.05, 3.63) is 52.6 Å². The highest BCUT2D eigenvalue weighted by molar-refractivity contribution is 6.03. The zero-order chi connectivity index (χ0) is 20.6. The maximum atomic E-state index is 13.1. The summed E-state index contributed by atoms with van der Waals surface area (Å²) in [4.78, 5) is 27.8. The molecule has 6 nitrogen and oxygen atoms in total. The van der Waals surface area contributed by atoms with Gasteiger partial charge in [-0.25, -0.2) is 4.79 Å². The fraction of sp³-hybridized carbons (Fsp3) is 0.455. The first-order chi connectivity index (χ1) is 13.1. The summed E-state index contributed by atoms with van der Waals surface area (Å²) in [5.41, 5.74) is 8.51. The number of esters is 1. The maximum Gasteiger partial charge on any atom is 0.340 e. The third-order valence-electron chi connectivity index (χ3n) is 5.19. The molecule has 28 heavy (non-hydrogen) atoms. The SMILES string of the molecule is CCOC(=O)C1=C(N)OC2=C(C(=O)CC(C)(C)C2)C1c1ccc(N(C)C)cc1. The van der Waals surface area contributed by atoms with Crippen LogP contribution >= 0.6 is 0 Å². The Morgan fingerprint density at radius 2 is 1.89 bits per heavy atom. The van der Waals surface area contributed by atoms with Gasteiger partial charge in [-0.15, -0.1) is 0 Å². The van der Waals surface area contributed by atoms with Crippen LogP contribution in [0.25, 0.3) is 0 Å². The molecule has 1 unspecified atom stereocenters. The average molecular weight is 384 g/mol. The summed E-state index contributed by atoms with van der Waals surface area (Å²) in [7, 11) is 3.91. The van der Waals surface area contributed by atoms with Crippen LogP contribution in [0.2, 0.25) is 0 Å². The number of ether oxygens (including phenoxy) is 2. The van der Waals surface area contributed by atoms with E-state index < -0.39 is 11.9 Å². The van der Waals surface area contributed by atoms with Gasteiger partial charge in [0.05, 0.1) is 12.5 Å². The minimum Gasteiger partial charge on any atom is -0.462 e. The van der Waals surface area contributed by atoms with Crippen LogP contribution in [0.1, 0.15) is 45.1 Å². The molecule has 0 fully saturated rings. The monoisotopic (exact) mass is 384 g/mol. The summed E-state index contributed by atoms with van der Waals surface area (Å²) in [6, 6.07) is 7.77. The molecule has 2 N–H and O–H groups in total. The number of carbonyl (C=O) groups is 2. The molecule has 6 heteroatoms. The minimum absolute atomic E-state index is 0.0118. The van der Waals surface area contributed by atoms with Crippen molar-refractivity contribution in [2.75, 3.05) is 25.6 Å². The second-order valence-electron chi connectivity index (χ2n) is 8.30. The zero-order valence-electron chi connectivity index (χ0n) is 17.2. The number of hydrogen-bond acceptors (Lipinski definition) is 6. The Hall–Kier alpha value is -2.76. The summed E-state index contributed by atoms with van der Waals surface area (Å²) in [6.07, 6.45) is 0.995. The molecule has 1 aliphatic carbocycles. The molecule has 2 aliphatic rings. The highest BCUT2D eigenvalue weighted by atomic mass is 16.5. The van der Waals surface area contributed by atoms with E-state index in [4.69, 9.17) is 15.2 Å². The van der Waals surface area contributed by atoms with E-state index >= 15 is 0 Å². The van der Waals surface area contributed by atoms with Crippen LogP contribution < -0.4 is 10.6 Å². The second kappa shape index (κ2) is 7.34. The molecule has 1 aromatic rings. The van der Waals surface area contributed by atoms with E-state index in [1.807, 2.05) is 57.1 Å². The van der Waals surface area contributed by atoms with Crippen LogP contribution in [0.4, 0.5) is 5.69 Å². The van der Waals surface area contributed by atoms with Gasteiger partial charge in [0, 0.05) is 38.2 Å². The number of rotatable bonds is 4. The van der Waals surface area contributed by atoms with Crippen molar-refractivity contribution in [2.45, 2.75) is 39.5 Å². The Kier molecular flexibility index (Phi) is 5.24. The molecule has 0 radical (unpaired) electrons. The topological polar surface area (TPSA) is 81.9 Å². The van der Waals surface area contributed by atoms with Gasteiger partial charge in [-0.2, -0.15) is 0 Å². The van der Waals surface area contributed by atoms with Crippen molar-refractivity contribution in [2.24, 2.45) is 11.1 Å². The van der Waals surface area contributed by atoms with Crippen LogP contribution in [0.3, 0.4) is 0 Å². The van der Waals surface area contributed by atoms with Crippen molar-refractivity contribution in [3.8, 4) is 0 Å². The first-order valence-electron chi connectivity index (χ1n) is 9.52. The Balaban J connectivity index is 2.14. The molecule has 0 saturated heterocycles. The van der Waals surface area contributed by atoms with E-state index in [0.29, 0.717) is 24.2 Å². The lowest BCUT2D eigenvalue weighted by Crippen LogP contribution is -2.35. The number of nitrogens with zero attached hydrogens (tertiary/aromatic N) is 1. The minimum atomic E-state index is -0.581. The van der Waals surface area contributed by atoms with Gasteiger partial charge in [0.1, 0.15) is 11.3 Å². The molecule has 1 aliphatic heterocycles. The third-order valence-corrected chi connectivity index (χ3v) is 5.19. The van der Waals surface area contributed by atoms with Crippen molar-refractivity contribution >= 4 is 17.4 Å². The lowest BCUT2D eigenvalue weighted by Gasteiger charge is -2.38. The lowest BCUT2D eigenvalue weighted by atomic mass is 9.70. The van der Waals surface area contributed by atoms with Crippen molar-refractivity contribution in [1.82, 2.24) is 0 Å². The van der Waals surface area contributed by atoms with Crippen LogP contribution in [0.5, 0.6) is 0 Å². The summed E-state index contributed by atoms with van der Waals surface area (Å²) in [6.45, 7) is 6.01. The summed E-state index contributed by atoms with van der Waals surface area (Å²) in [5.74, 6) is -0.561. The molecular weight excluding hydrogens is 356 g/mol. The normalized spacial score (nSPS) is 21.2. The predicted octanol–water partition coefficient (Wildman–Crippen LogP) is 3.24. The fourth-order valence-electron chi connectivity index (χ4n) is 3.89. The van der Waals surface area contributed by atoms with Crippen molar-refractivity contribution < 1.29 is 19.1 Å². The Morgan fingerprint density at radius 1 is 1.25 bits per heavy atom. The third kappa shape index (κ3) is 3.63. The van der Waals surface area contributed by atoms with Gasteiger partial charge < -0.3 is 20.1 Å². The molecule has 1 heterocycles. The van der Waals surface area contributed by atoms with E-state index in [0.717, 1.165) is 11.3 Å². The Bertz CT molecular complexity index is 863. The van der Waals surface area contributed by atoms with Gasteiger partial charge in [0.15, 0.2) is 5.78 Å². The average Bonchev–Trinajstić information content (AvgIpc) is 2.59. The molecule has 150 valence electrons. The highest BCUT2D eigenvalue weighted by Gasteiger charge is 2.44. The molecule has 0 aromatic heterocycles. The first-order valence-corrected chi connectivity index (χ1v) is 9.52. The molecule has 1 aromatic carbocycles. The summed E-state index contributed by atoms with van der Waals surface area (Å²) in [5, 5.41) is 0. The number of anilines is 1. The Labute approximate surface area is 166 Å². The van der Waals surface area contributed by atoms with E-state index in [9.17, 15) is 9.59 Å². The van der Waals surface area contributed by atoms with Gasteiger partial charge in [-0.05, 0) is 30.0 Å². The number of ketones is 1. The standard InChI is InChI=1S/C22H28N2O4/c1-6-27-21(26)19-17(13-7-9-14(10-8-13)24(4)5)18-15(25)11-22(2,3)12-16(18)28-20(19)23/h7-10,17H,6,11-12,23H2,1-5H3. The first kappa shape index (κ1) is 20.0. The molecule has 0 bridgehead atoms. The van der Waals surface area contributed by atoms with Gasteiger partial charge in [0.2, 0.25) is 5.88 Å².